The zero-order valence-corrected chi connectivity index (χ0v) is 13.3. The molecule has 0 aliphatic rings. The minimum atomic E-state index is -0.361. The molecule has 0 aliphatic carbocycles. The molecular formula is C20H16FN3. The number of nitrogens with zero attached hydrogens (tertiary/aromatic N) is 2. The topological polar surface area (TPSA) is 62.7 Å². The van der Waals surface area contributed by atoms with Gasteiger partial charge in [-0.05, 0) is 35.7 Å². The van der Waals surface area contributed by atoms with Crippen LogP contribution in [0.4, 0.5) is 10.2 Å². The highest BCUT2D eigenvalue weighted by Crippen LogP contribution is 2.31. The maximum absolute atomic E-state index is 13.6. The molecule has 0 saturated heterocycles. The second-order valence-electron chi connectivity index (χ2n) is 5.49. The van der Waals surface area contributed by atoms with Gasteiger partial charge in [0, 0.05) is 11.1 Å². The number of aryl methyl sites for hydroxylation is 1. The lowest BCUT2D eigenvalue weighted by Crippen LogP contribution is -2.00. The fourth-order valence-electron chi connectivity index (χ4n) is 2.63. The summed E-state index contributed by atoms with van der Waals surface area (Å²) in [7, 11) is 0. The van der Waals surface area contributed by atoms with Crippen LogP contribution >= 0.6 is 0 Å². The Bertz CT molecular complexity index is 925. The van der Waals surface area contributed by atoms with Gasteiger partial charge in [0.25, 0.3) is 0 Å². The number of hydrogen-bond acceptors (Lipinski definition) is 3. The number of aromatic nitrogens is 1. The second kappa shape index (κ2) is 6.51. The van der Waals surface area contributed by atoms with E-state index in [-0.39, 0.29) is 17.2 Å². The summed E-state index contributed by atoms with van der Waals surface area (Å²) in [5, 5.41) is 9.40. The first-order valence-corrected chi connectivity index (χ1v) is 7.68. The van der Waals surface area contributed by atoms with Crippen LogP contribution in [0.5, 0.6) is 0 Å². The molecule has 3 rings (SSSR count). The molecule has 0 spiro atoms. The summed E-state index contributed by atoms with van der Waals surface area (Å²) in [6.45, 7) is 2.09. The van der Waals surface area contributed by atoms with E-state index in [1.807, 2.05) is 24.3 Å². The van der Waals surface area contributed by atoms with Crippen LogP contribution in [-0.4, -0.2) is 4.98 Å². The van der Waals surface area contributed by atoms with Crippen molar-refractivity contribution >= 4 is 5.82 Å². The summed E-state index contributed by atoms with van der Waals surface area (Å²) < 4.78 is 13.6. The van der Waals surface area contributed by atoms with E-state index in [0.717, 1.165) is 12.0 Å². The standard InChI is InChI=1S/C20H16FN3/c1-2-13-6-8-14(9-7-13)19-11-17(18(12-22)20(23)24-19)15-4-3-5-16(21)10-15/h3-11H,2H2,1H3,(H2,23,24). The van der Waals surface area contributed by atoms with Gasteiger partial charge in [0.2, 0.25) is 0 Å². The predicted octanol–water partition coefficient (Wildman–Crippen LogP) is 4.57. The predicted molar refractivity (Wildman–Crippen MR) is 93.6 cm³/mol. The molecule has 0 radical (unpaired) electrons. The molecule has 4 heteroatoms. The van der Waals surface area contributed by atoms with Gasteiger partial charge in [-0.25, -0.2) is 9.37 Å². The Kier molecular flexibility index (Phi) is 4.26. The fraction of sp³-hybridized carbons (Fsp3) is 0.100. The number of rotatable bonds is 3. The average molecular weight is 317 g/mol. The molecule has 0 unspecified atom stereocenters. The number of nitriles is 1. The molecule has 3 aromatic rings. The van der Waals surface area contributed by atoms with Gasteiger partial charge >= 0.3 is 0 Å². The minimum absolute atomic E-state index is 0.147. The maximum Gasteiger partial charge on any atom is 0.142 e. The molecule has 1 aromatic heterocycles. The van der Waals surface area contributed by atoms with Crippen LogP contribution in [0.25, 0.3) is 22.4 Å². The van der Waals surface area contributed by atoms with Gasteiger partial charge in [-0.3, -0.25) is 0 Å². The largest absolute Gasteiger partial charge is 0.383 e. The van der Waals surface area contributed by atoms with E-state index in [9.17, 15) is 9.65 Å². The van der Waals surface area contributed by atoms with E-state index in [2.05, 4.69) is 18.0 Å². The third-order valence-electron chi connectivity index (χ3n) is 3.95. The highest BCUT2D eigenvalue weighted by atomic mass is 19.1. The van der Waals surface area contributed by atoms with Crippen LogP contribution in [0.2, 0.25) is 0 Å². The van der Waals surface area contributed by atoms with E-state index in [0.29, 0.717) is 16.8 Å². The number of pyridine rings is 1. The number of nitrogen functional groups attached to an aromatic ring is 1. The van der Waals surface area contributed by atoms with Gasteiger partial charge < -0.3 is 5.73 Å². The Morgan fingerprint density at radius 1 is 1.08 bits per heavy atom. The van der Waals surface area contributed by atoms with Crippen molar-refractivity contribution in [1.29, 1.82) is 5.26 Å². The minimum Gasteiger partial charge on any atom is -0.383 e. The lowest BCUT2D eigenvalue weighted by molar-refractivity contribution is 0.628. The van der Waals surface area contributed by atoms with E-state index in [1.54, 1.807) is 18.2 Å². The van der Waals surface area contributed by atoms with Gasteiger partial charge in [0.1, 0.15) is 23.3 Å². The van der Waals surface area contributed by atoms with Crippen molar-refractivity contribution in [2.24, 2.45) is 0 Å². The van der Waals surface area contributed by atoms with Crippen molar-refractivity contribution in [1.82, 2.24) is 4.98 Å². The molecule has 0 fully saturated rings. The van der Waals surface area contributed by atoms with Crippen molar-refractivity contribution in [3.8, 4) is 28.5 Å². The Balaban J connectivity index is 2.18. The fourth-order valence-corrected chi connectivity index (χ4v) is 2.63. The van der Waals surface area contributed by atoms with Crippen LogP contribution < -0.4 is 5.73 Å². The molecule has 0 saturated carbocycles. The van der Waals surface area contributed by atoms with E-state index in [4.69, 9.17) is 5.73 Å². The Morgan fingerprint density at radius 2 is 1.83 bits per heavy atom. The van der Waals surface area contributed by atoms with Crippen LogP contribution in [0.15, 0.2) is 54.6 Å². The summed E-state index contributed by atoms with van der Waals surface area (Å²) in [6.07, 6.45) is 0.956. The highest BCUT2D eigenvalue weighted by Gasteiger charge is 2.13. The lowest BCUT2D eigenvalue weighted by atomic mass is 9.98. The Labute approximate surface area is 140 Å². The number of anilines is 1. The van der Waals surface area contributed by atoms with Crippen molar-refractivity contribution in [3.63, 3.8) is 0 Å². The molecular weight excluding hydrogens is 301 g/mol. The number of nitrogens with two attached hydrogens (primary N) is 1. The van der Waals surface area contributed by atoms with Crippen molar-refractivity contribution < 1.29 is 4.39 Å². The van der Waals surface area contributed by atoms with Crippen LogP contribution in [0.1, 0.15) is 18.1 Å². The van der Waals surface area contributed by atoms with Crippen molar-refractivity contribution in [2.45, 2.75) is 13.3 Å². The zero-order valence-electron chi connectivity index (χ0n) is 13.3. The summed E-state index contributed by atoms with van der Waals surface area (Å²) >= 11 is 0. The van der Waals surface area contributed by atoms with E-state index in [1.165, 1.54) is 17.7 Å². The normalized spacial score (nSPS) is 10.4. The van der Waals surface area contributed by atoms with Crippen LogP contribution in [0, 0.1) is 17.1 Å². The summed E-state index contributed by atoms with van der Waals surface area (Å²) in [4.78, 5) is 4.34. The third-order valence-corrected chi connectivity index (χ3v) is 3.95. The summed E-state index contributed by atoms with van der Waals surface area (Å²) in [5.41, 5.74) is 10.2. The quantitative estimate of drug-likeness (QED) is 0.769. The SMILES string of the molecule is CCc1ccc(-c2cc(-c3cccc(F)c3)c(C#N)c(N)n2)cc1. The molecule has 0 amide bonds. The van der Waals surface area contributed by atoms with E-state index < -0.39 is 0 Å². The highest BCUT2D eigenvalue weighted by molar-refractivity contribution is 5.80. The zero-order chi connectivity index (χ0) is 17.1. The number of benzene rings is 2. The first-order valence-electron chi connectivity index (χ1n) is 7.68. The molecule has 24 heavy (non-hydrogen) atoms. The molecule has 0 bridgehead atoms. The molecule has 0 atom stereocenters. The monoisotopic (exact) mass is 317 g/mol. The maximum atomic E-state index is 13.6. The molecule has 0 aliphatic heterocycles. The molecule has 1 heterocycles. The summed E-state index contributed by atoms with van der Waals surface area (Å²) in [5.74, 6) is -0.213. The molecule has 118 valence electrons. The van der Waals surface area contributed by atoms with Gasteiger partial charge in [-0.2, -0.15) is 5.26 Å². The Hall–Kier alpha value is -3.19. The average Bonchev–Trinajstić information content (AvgIpc) is 2.61. The second-order valence-corrected chi connectivity index (χ2v) is 5.49. The molecule has 2 aromatic carbocycles. The molecule has 2 N–H and O–H groups in total. The van der Waals surface area contributed by atoms with Crippen molar-refractivity contribution in [3.05, 3.63) is 71.5 Å². The number of hydrogen-bond donors (Lipinski definition) is 1. The lowest BCUT2D eigenvalue weighted by Gasteiger charge is -2.10. The van der Waals surface area contributed by atoms with Crippen molar-refractivity contribution in [2.75, 3.05) is 5.73 Å². The first kappa shape index (κ1) is 15.7. The summed E-state index contributed by atoms with van der Waals surface area (Å²) in [6, 6.07) is 18.0. The van der Waals surface area contributed by atoms with Gasteiger partial charge in [-0.1, -0.05) is 43.3 Å². The van der Waals surface area contributed by atoms with Gasteiger partial charge in [-0.15, -0.1) is 0 Å². The van der Waals surface area contributed by atoms with Gasteiger partial charge in [0.05, 0.1) is 5.69 Å². The Morgan fingerprint density at radius 3 is 2.46 bits per heavy atom. The first-order chi connectivity index (χ1) is 11.6. The smallest absolute Gasteiger partial charge is 0.142 e. The van der Waals surface area contributed by atoms with Crippen LogP contribution in [-0.2, 0) is 6.42 Å². The van der Waals surface area contributed by atoms with E-state index >= 15 is 0 Å². The third kappa shape index (κ3) is 2.97. The van der Waals surface area contributed by atoms with Crippen LogP contribution in [0.3, 0.4) is 0 Å². The molecule has 3 nitrogen and oxygen atoms in total. The van der Waals surface area contributed by atoms with Gasteiger partial charge in [0.15, 0.2) is 0 Å². The number of halogens is 1.